The standard InChI is InChI=1S/C29H44O3/c1-27-14-12-20(30)17-24(27)25(31)18-21-22-9-10-26(28(22,2)15-13-23(21)27)29(3,32)16-11-19-7-5-4-6-8-19/h4-8,20-26,30-32H,9-18H2,1-3H3/t20-,21-,22-,23-,24+,25-,26-,27+,28-,29-/m0/s1. The molecule has 0 unspecified atom stereocenters. The van der Waals surface area contributed by atoms with Crippen molar-refractivity contribution in [2.45, 2.75) is 103 Å². The van der Waals surface area contributed by atoms with E-state index in [-0.39, 0.29) is 29.0 Å². The molecule has 0 spiro atoms. The van der Waals surface area contributed by atoms with Crippen molar-refractivity contribution >= 4 is 0 Å². The minimum Gasteiger partial charge on any atom is -0.393 e. The monoisotopic (exact) mass is 440 g/mol. The highest BCUT2D eigenvalue weighted by atomic mass is 16.3. The van der Waals surface area contributed by atoms with Crippen LogP contribution in [0.2, 0.25) is 0 Å². The van der Waals surface area contributed by atoms with Crippen molar-refractivity contribution in [2.75, 3.05) is 0 Å². The van der Waals surface area contributed by atoms with Crippen LogP contribution in [0.15, 0.2) is 30.3 Å². The molecule has 0 saturated heterocycles. The highest BCUT2D eigenvalue weighted by molar-refractivity contribution is 5.17. The van der Waals surface area contributed by atoms with E-state index in [2.05, 4.69) is 51.1 Å². The molecule has 3 N–H and O–H groups in total. The fourth-order valence-electron chi connectivity index (χ4n) is 9.52. The molecule has 4 fully saturated rings. The van der Waals surface area contributed by atoms with Gasteiger partial charge in [0.05, 0.1) is 17.8 Å². The summed E-state index contributed by atoms with van der Waals surface area (Å²) >= 11 is 0. The first kappa shape index (κ1) is 22.9. The van der Waals surface area contributed by atoms with Crippen LogP contribution in [0.25, 0.3) is 0 Å². The van der Waals surface area contributed by atoms with Gasteiger partial charge in [-0.3, -0.25) is 0 Å². The maximum Gasteiger partial charge on any atom is 0.0656 e. The van der Waals surface area contributed by atoms with E-state index in [0.717, 1.165) is 44.9 Å². The molecule has 178 valence electrons. The molecule has 3 heteroatoms. The fourth-order valence-corrected chi connectivity index (χ4v) is 9.52. The van der Waals surface area contributed by atoms with E-state index in [4.69, 9.17) is 0 Å². The Labute approximate surface area is 194 Å². The summed E-state index contributed by atoms with van der Waals surface area (Å²) in [4.78, 5) is 0. The van der Waals surface area contributed by atoms with Gasteiger partial charge in [0, 0.05) is 0 Å². The van der Waals surface area contributed by atoms with Gasteiger partial charge in [0.2, 0.25) is 0 Å². The van der Waals surface area contributed by atoms with Gasteiger partial charge in [0.1, 0.15) is 0 Å². The minimum atomic E-state index is -0.652. The topological polar surface area (TPSA) is 60.7 Å². The predicted molar refractivity (Wildman–Crippen MR) is 128 cm³/mol. The predicted octanol–water partition coefficient (Wildman–Crippen LogP) is 5.36. The van der Waals surface area contributed by atoms with Crippen molar-refractivity contribution in [2.24, 2.45) is 40.4 Å². The van der Waals surface area contributed by atoms with Crippen molar-refractivity contribution in [1.29, 1.82) is 0 Å². The molecule has 0 aromatic heterocycles. The van der Waals surface area contributed by atoms with Gasteiger partial charge in [-0.25, -0.2) is 0 Å². The lowest BCUT2D eigenvalue weighted by Crippen LogP contribution is -2.59. The molecule has 0 heterocycles. The highest BCUT2D eigenvalue weighted by Gasteiger charge is 2.63. The van der Waals surface area contributed by atoms with E-state index >= 15 is 0 Å². The summed E-state index contributed by atoms with van der Waals surface area (Å²) < 4.78 is 0. The Hall–Kier alpha value is -0.900. The van der Waals surface area contributed by atoms with E-state index < -0.39 is 5.60 Å². The Balaban J connectivity index is 1.35. The quantitative estimate of drug-likeness (QED) is 0.591. The third-order valence-electron chi connectivity index (χ3n) is 11.2. The molecule has 32 heavy (non-hydrogen) atoms. The first-order valence-electron chi connectivity index (χ1n) is 13.3. The second kappa shape index (κ2) is 8.10. The van der Waals surface area contributed by atoms with E-state index in [1.54, 1.807) is 0 Å². The molecule has 0 amide bonds. The molecule has 10 atom stereocenters. The SMILES string of the molecule is C[C@]12CC[C@H](O)C[C@@H]1[C@@H](O)C[C@@H]1[C@@H]2CC[C@@]2(C)[C@H]1CC[C@@H]2[C@@](C)(O)CCc1ccccc1. The van der Waals surface area contributed by atoms with Crippen LogP contribution in [0.4, 0.5) is 0 Å². The Morgan fingerprint density at radius 2 is 1.56 bits per heavy atom. The van der Waals surface area contributed by atoms with Gasteiger partial charge in [0.15, 0.2) is 0 Å². The summed E-state index contributed by atoms with van der Waals surface area (Å²) in [6.07, 6.45) is 9.58. The molecule has 4 saturated carbocycles. The zero-order chi connectivity index (χ0) is 22.7. The number of aliphatic hydroxyl groups excluding tert-OH is 2. The Kier molecular flexibility index (Phi) is 5.79. The zero-order valence-electron chi connectivity index (χ0n) is 20.3. The van der Waals surface area contributed by atoms with Gasteiger partial charge in [-0.2, -0.15) is 0 Å². The van der Waals surface area contributed by atoms with E-state index in [0.29, 0.717) is 23.7 Å². The summed E-state index contributed by atoms with van der Waals surface area (Å²) in [5.74, 6) is 2.42. The van der Waals surface area contributed by atoms with Gasteiger partial charge in [-0.1, -0.05) is 44.2 Å². The molecule has 0 aliphatic heterocycles. The number of fused-ring (bicyclic) bond motifs is 5. The molecule has 1 aromatic carbocycles. The van der Waals surface area contributed by atoms with Crippen molar-refractivity contribution in [1.82, 2.24) is 0 Å². The van der Waals surface area contributed by atoms with Gasteiger partial charge in [0.25, 0.3) is 0 Å². The summed E-state index contributed by atoms with van der Waals surface area (Å²) in [6.45, 7) is 6.98. The molecule has 0 bridgehead atoms. The first-order valence-corrected chi connectivity index (χ1v) is 13.3. The van der Waals surface area contributed by atoms with Gasteiger partial charge in [-0.05, 0) is 117 Å². The molecule has 3 nitrogen and oxygen atoms in total. The van der Waals surface area contributed by atoms with Crippen LogP contribution < -0.4 is 0 Å². The highest BCUT2D eigenvalue weighted by Crippen LogP contribution is 2.68. The lowest BCUT2D eigenvalue weighted by molar-refractivity contribution is -0.179. The van der Waals surface area contributed by atoms with Crippen molar-refractivity contribution < 1.29 is 15.3 Å². The van der Waals surface area contributed by atoms with Crippen LogP contribution in [0.3, 0.4) is 0 Å². The van der Waals surface area contributed by atoms with Gasteiger partial charge < -0.3 is 15.3 Å². The average molecular weight is 441 g/mol. The number of aliphatic hydroxyl groups is 3. The van der Waals surface area contributed by atoms with Crippen molar-refractivity contribution in [3.05, 3.63) is 35.9 Å². The normalized spacial score (nSPS) is 47.8. The second-order valence-corrected chi connectivity index (χ2v) is 12.7. The van der Waals surface area contributed by atoms with Crippen LogP contribution in [-0.4, -0.2) is 33.1 Å². The molecule has 4 aliphatic carbocycles. The lowest BCUT2D eigenvalue weighted by Gasteiger charge is -2.62. The smallest absolute Gasteiger partial charge is 0.0656 e. The van der Waals surface area contributed by atoms with Crippen molar-refractivity contribution in [3.8, 4) is 0 Å². The first-order chi connectivity index (χ1) is 15.1. The van der Waals surface area contributed by atoms with E-state index in [1.807, 2.05) is 0 Å². The molecule has 0 radical (unpaired) electrons. The maximum absolute atomic E-state index is 11.7. The van der Waals surface area contributed by atoms with E-state index in [9.17, 15) is 15.3 Å². The lowest BCUT2D eigenvalue weighted by atomic mass is 9.43. The van der Waals surface area contributed by atoms with Crippen LogP contribution in [-0.2, 0) is 6.42 Å². The number of hydrogen-bond acceptors (Lipinski definition) is 3. The summed E-state index contributed by atoms with van der Waals surface area (Å²) in [5, 5.41) is 33.2. The van der Waals surface area contributed by atoms with Gasteiger partial charge in [-0.15, -0.1) is 0 Å². The molecular formula is C29H44O3. The minimum absolute atomic E-state index is 0.163. The summed E-state index contributed by atoms with van der Waals surface area (Å²) in [6, 6.07) is 10.6. The second-order valence-electron chi connectivity index (χ2n) is 12.7. The molecular weight excluding hydrogens is 396 g/mol. The van der Waals surface area contributed by atoms with Crippen LogP contribution >= 0.6 is 0 Å². The van der Waals surface area contributed by atoms with Gasteiger partial charge >= 0.3 is 0 Å². The third kappa shape index (κ3) is 3.58. The Bertz CT molecular complexity index is 806. The average Bonchev–Trinajstić information content (AvgIpc) is 3.13. The summed E-state index contributed by atoms with van der Waals surface area (Å²) in [5.41, 5.74) is 0.987. The zero-order valence-corrected chi connectivity index (χ0v) is 20.3. The number of hydrogen-bond donors (Lipinski definition) is 3. The van der Waals surface area contributed by atoms with Crippen LogP contribution in [0, 0.1) is 40.4 Å². The third-order valence-corrected chi connectivity index (χ3v) is 11.2. The molecule has 5 rings (SSSR count). The van der Waals surface area contributed by atoms with Crippen molar-refractivity contribution in [3.63, 3.8) is 0 Å². The number of aryl methyl sites for hydroxylation is 1. The van der Waals surface area contributed by atoms with Crippen LogP contribution in [0.1, 0.15) is 84.1 Å². The Morgan fingerprint density at radius 3 is 2.31 bits per heavy atom. The molecule has 1 aromatic rings. The largest absolute Gasteiger partial charge is 0.393 e. The van der Waals surface area contributed by atoms with E-state index in [1.165, 1.54) is 24.8 Å². The fraction of sp³-hybridized carbons (Fsp3) is 0.793. The maximum atomic E-state index is 11.7. The Morgan fingerprint density at radius 1 is 0.875 bits per heavy atom. The molecule has 4 aliphatic rings. The number of rotatable bonds is 4. The summed E-state index contributed by atoms with van der Waals surface area (Å²) in [7, 11) is 0. The number of benzene rings is 1. The van der Waals surface area contributed by atoms with Crippen LogP contribution in [0.5, 0.6) is 0 Å².